The first kappa shape index (κ1) is 17.2. The Morgan fingerprint density at radius 2 is 1.60 bits per heavy atom. The minimum Gasteiger partial charge on any atom is -0.378 e. The van der Waals surface area contributed by atoms with Crippen LogP contribution in [-0.2, 0) is 0 Å². The van der Waals surface area contributed by atoms with E-state index in [0.29, 0.717) is 0 Å². The minimum absolute atomic E-state index is 0.264. The van der Waals surface area contributed by atoms with Gasteiger partial charge in [-0.1, -0.05) is 20.8 Å². The zero-order valence-electron chi connectivity index (χ0n) is 11.0. The summed E-state index contributed by atoms with van der Waals surface area (Å²) in [5.74, 6) is 0. The highest BCUT2D eigenvalue weighted by Gasteiger charge is 1.99. The van der Waals surface area contributed by atoms with Gasteiger partial charge in [-0.2, -0.15) is 0 Å². The number of nitrogens with zero attached hydrogens (tertiary/aromatic N) is 2. The largest absolute Gasteiger partial charge is 0.378 e. The Balaban J connectivity index is 0. The molecule has 0 saturated carbocycles. The average Bonchev–Trinajstić information content (AvgIpc) is 2.25. The van der Waals surface area contributed by atoms with Crippen molar-refractivity contribution in [3.05, 3.63) is 0 Å². The van der Waals surface area contributed by atoms with Crippen molar-refractivity contribution in [1.29, 1.82) is 0 Å². The number of aliphatic hydroxyl groups excluding tert-OH is 1. The van der Waals surface area contributed by atoms with E-state index in [-0.39, 0.29) is 6.23 Å². The van der Waals surface area contributed by atoms with Crippen molar-refractivity contribution in [1.82, 2.24) is 9.80 Å². The maximum Gasteiger partial charge on any atom is 0.106 e. The molecule has 0 spiro atoms. The molecule has 0 heterocycles. The van der Waals surface area contributed by atoms with E-state index < -0.39 is 0 Å². The summed E-state index contributed by atoms with van der Waals surface area (Å²) in [4.78, 5) is 4.08. The number of nitrogens with two attached hydrogens (primary N) is 1. The molecule has 4 nitrogen and oxygen atoms in total. The van der Waals surface area contributed by atoms with Gasteiger partial charge in [-0.15, -0.1) is 0 Å². The van der Waals surface area contributed by atoms with E-state index in [1.165, 1.54) is 0 Å². The molecule has 15 heavy (non-hydrogen) atoms. The van der Waals surface area contributed by atoms with Crippen LogP contribution in [0.25, 0.3) is 0 Å². The number of likely N-dealkylation sites (N-methyl/N-ethyl adjacent to an activating group) is 1. The third kappa shape index (κ3) is 11.8. The van der Waals surface area contributed by atoms with Gasteiger partial charge in [0.1, 0.15) is 6.23 Å². The molecule has 0 aromatic carbocycles. The quantitative estimate of drug-likeness (QED) is 0.641. The Bertz CT molecular complexity index is 116. The predicted molar refractivity (Wildman–Crippen MR) is 66.8 cm³/mol. The molecular weight excluding hydrogens is 190 g/mol. The third-order valence-electron chi connectivity index (χ3n) is 2.30. The van der Waals surface area contributed by atoms with Crippen LogP contribution in [0.4, 0.5) is 0 Å². The number of rotatable bonds is 6. The van der Waals surface area contributed by atoms with Crippen LogP contribution in [0, 0.1) is 0 Å². The Hall–Kier alpha value is -0.160. The Morgan fingerprint density at radius 1 is 1.13 bits per heavy atom. The van der Waals surface area contributed by atoms with Crippen LogP contribution in [0.15, 0.2) is 0 Å². The molecule has 0 amide bonds. The van der Waals surface area contributed by atoms with Crippen molar-refractivity contribution in [2.75, 3.05) is 40.3 Å². The van der Waals surface area contributed by atoms with Gasteiger partial charge in [0.15, 0.2) is 0 Å². The molecule has 0 aromatic rings. The molecule has 4 heteroatoms. The maximum atomic E-state index is 8.86. The fraction of sp³-hybridized carbons (Fsp3) is 1.00. The van der Waals surface area contributed by atoms with E-state index in [9.17, 15) is 0 Å². The van der Waals surface area contributed by atoms with Crippen LogP contribution in [-0.4, -0.2) is 61.4 Å². The SMILES string of the molecule is CCC(O)N(C)C.CCN(CC)CCN. The van der Waals surface area contributed by atoms with E-state index in [4.69, 9.17) is 10.8 Å². The third-order valence-corrected chi connectivity index (χ3v) is 2.30. The highest BCUT2D eigenvalue weighted by molar-refractivity contribution is 4.50. The van der Waals surface area contributed by atoms with E-state index in [1.54, 1.807) is 4.90 Å². The minimum atomic E-state index is -0.264. The van der Waals surface area contributed by atoms with E-state index in [2.05, 4.69) is 18.7 Å². The van der Waals surface area contributed by atoms with Crippen molar-refractivity contribution in [3.8, 4) is 0 Å². The smallest absolute Gasteiger partial charge is 0.106 e. The van der Waals surface area contributed by atoms with Crippen LogP contribution in [0.5, 0.6) is 0 Å². The summed E-state index contributed by atoms with van der Waals surface area (Å²) < 4.78 is 0. The summed E-state index contributed by atoms with van der Waals surface area (Å²) in [6, 6.07) is 0. The van der Waals surface area contributed by atoms with Gasteiger partial charge in [-0.25, -0.2) is 0 Å². The van der Waals surface area contributed by atoms with Gasteiger partial charge in [0.25, 0.3) is 0 Å². The van der Waals surface area contributed by atoms with Gasteiger partial charge in [0.05, 0.1) is 0 Å². The van der Waals surface area contributed by atoms with Crippen molar-refractivity contribution < 1.29 is 5.11 Å². The first-order chi connectivity index (χ1) is 7.03. The lowest BCUT2D eigenvalue weighted by Crippen LogP contribution is -2.28. The molecule has 94 valence electrons. The molecule has 0 rings (SSSR count). The molecule has 0 aliphatic carbocycles. The zero-order chi connectivity index (χ0) is 12.3. The van der Waals surface area contributed by atoms with Gasteiger partial charge in [0, 0.05) is 13.1 Å². The second-order valence-electron chi connectivity index (χ2n) is 3.67. The van der Waals surface area contributed by atoms with Crippen LogP contribution < -0.4 is 5.73 Å². The van der Waals surface area contributed by atoms with Crippen LogP contribution in [0.1, 0.15) is 27.2 Å². The fourth-order valence-corrected chi connectivity index (χ4v) is 1.09. The zero-order valence-corrected chi connectivity index (χ0v) is 11.0. The summed E-state index contributed by atoms with van der Waals surface area (Å²) in [6.07, 6.45) is 0.535. The van der Waals surface area contributed by atoms with E-state index in [0.717, 1.165) is 32.6 Å². The van der Waals surface area contributed by atoms with E-state index in [1.807, 2.05) is 21.0 Å². The molecule has 0 fully saturated rings. The summed E-state index contributed by atoms with van der Waals surface area (Å²) in [6.45, 7) is 10.3. The van der Waals surface area contributed by atoms with Crippen LogP contribution in [0.2, 0.25) is 0 Å². The van der Waals surface area contributed by atoms with Gasteiger partial charge >= 0.3 is 0 Å². The number of aliphatic hydroxyl groups is 1. The van der Waals surface area contributed by atoms with Crippen LogP contribution >= 0.6 is 0 Å². The molecule has 0 aliphatic rings. The van der Waals surface area contributed by atoms with Gasteiger partial charge in [-0.05, 0) is 33.6 Å². The summed E-state index contributed by atoms with van der Waals surface area (Å²) in [5.41, 5.74) is 5.34. The van der Waals surface area contributed by atoms with Gasteiger partial charge in [-0.3, -0.25) is 4.90 Å². The first-order valence-electron chi connectivity index (χ1n) is 5.80. The monoisotopic (exact) mass is 219 g/mol. The first-order valence-corrected chi connectivity index (χ1v) is 5.80. The lowest BCUT2D eigenvalue weighted by molar-refractivity contribution is 0.0377. The Morgan fingerprint density at radius 3 is 1.67 bits per heavy atom. The highest BCUT2D eigenvalue weighted by Crippen LogP contribution is 1.90. The number of hydrogen-bond acceptors (Lipinski definition) is 4. The molecule has 3 N–H and O–H groups in total. The van der Waals surface area contributed by atoms with Crippen molar-refractivity contribution in [3.63, 3.8) is 0 Å². The second-order valence-corrected chi connectivity index (χ2v) is 3.67. The topological polar surface area (TPSA) is 52.7 Å². The molecule has 1 unspecified atom stereocenters. The Labute approximate surface area is 95.0 Å². The molecule has 0 radical (unpaired) electrons. The molecule has 0 aromatic heterocycles. The van der Waals surface area contributed by atoms with Gasteiger partial charge in [0.2, 0.25) is 0 Å². The molecule has 0 aliphatic heterocycles. The predicted octanol–water partition coefficient (Wildman–Crippen LogP) is 0.563. The Kier molecular flexibility index (Phi) is 13.7. The van der Waals surface area contributed by atoms with Crippen molar-refractivity contribution in [2.24, 2.45) is 5.73 Å². The van der Waals surface area contributed by atoms with Crippen LogP contribution in [0.3, 0.4) is 0 Å². The van der Waals surface area contributed by atoms with Crippen molar-refractivity contribution >= 4 is 0 Å². The number of hydrogen-bond donors (Lipinski definition) is 2. The van der Waals surface area contributed by atoms with Gasteiger partial charge < -0.3 is 15.7 Å². The normalized spacial score (nSPS) is 12.6. The maximum absolute atomic E-state index is 8.86. The molecule has 0 bridgehead atoms. The molecular formula is C11H29N3O. The summed E-state index contributed by atoms with van der Waals surface area (Å²) in [5, 5.41) is 8.86. The molecule has 0 saturated heterocycles. The summed E-state index contributed by atoms with van der Waals surface area (Å²) >= 11 is 0. The van der Waals surface area contributed by atoms with E-state index >= 15 is 0 Å². The lowest BCUT2D eigenvalue weighted by atomic mass is 10.4. The second kappa shape index (κ2) is 11.9. The molecule has 1 atom stereocenters. The highest BCUT2D eigenvalue weighted by atomic mass is 16.3. The lowest BCUT2D eigenvalue weighted by Gasteiger charge is -2.15. The average molecular weight is 219 g/mol. The standard InChI is InChI=1S/C6H16N2.C5H13NO/c1-3-8(4-2)6-5-7;1-4-5(7)6(2)3/h3-7H2,1-2H3;5,7H,4H2,1-3H3. The van der Waals surface area contributed by atoms with Crippen molar-refractivity contribution in [2.45, 2.75) is 33.4 Å². The fourth-order valence-electron chi connectivity index (χ4n) is 1.09. The summed E-state index contributed by atoms with van der Waals surface area (Å²) in [7, 11) is 3.71.